The fourth-order valence-corrected chi connectivity index (χ4v) is 3.17. The van der Waals surface area contributed by atoms with Crippen molar-refractivity contribution in [3.63, 3.8) is 0 Å². The van der Waals surface area contributed by atoms with Crippen molar-refractivity contribution in [2.75, 3.05) is 6.61 Å². The van der Waals surface area contributed by atoms with Crippen molar-refractivity contribution in [1.29, 1.82) is 0 Å². The molecule has 3 rings (SSSR count). The molecule has 2 N–H and O–H groups in total. The summed E-state index contributed by atoms with van der Waals surface area (Å²) in [4.78, 5) is 6.74. The maximum atomic E-state index is 5.69. The summed E-state index contributed by atoms with van der Waals surface area (Å²) < 4.78 is 5.69. The highest BCUT2D eigenvalue weighted by atomic mass is 32.1. The number of aromatic nitrogens is 1. The van der Waals surface area contributed by atoms with Crippen molar-refractivity contribution >= 4 is 28.5 Å². The molecule has 1 aliphatic rings. The van der Waals surface area contributed by atoms with E-state index in [-0.39, 0.29) is 0 Å². The van der Waals surface area contributed by atoms with E-state index in [0.717, 1.165) is 22.6 Å². The minimum absolute atomic E-state index is 0.453. The molecule has 5 heteroatoms. The Balaban J connectivity index is 2.21. The van der Waals surface area contributed by atoms with E-state index < -0.39 is 0 Å². The number of fused-ring (bicyclic) bond motifs is 3. The highest BCUT2D eigenvalue weighted by Gasteiger charge is 2.19. The molecule has 0 aromatic carbocycles. The zero-order chi connectivity index (χ0) is 11.8. The normalized spacial score (nSPS) is 13.2. The molecule has 2 aromatic rings. The van der Waals surface area contributed by atoms with Crippen molar-refractivity contribution in [3.05, 3.63) is 35.0 Å². The summed E-state index contributed by atoms with van der Waals surface area (Å²) in [5.41, 5.74) is 7.95. The molecule has 0 fully saturated rings. The summed E-state index contributed by atoms with van der Waals surface area (Å²) in [6.07, 6.45) is 4.45. The molecule has 1 aliphatic heterocycles. The highest BCUT2D eigenvalue weighted by molar-refractivity contribution is 7.81. The van der Waals surface area contributed by atoms with Gasteiger partial charge in [0.25, 0.3) is 0 Å². The summed E-state index contributed by atoms with van der Waals surface area (Å²) in [6, 6.07) is 3.96. The minimum Gasteiger partial charge on any atom is -0.492 e. The van der Waals surface area contributed by atoms with E-state index in [2.05, 4.69) is 11.1 Å². The third-order valence-electron chi connectivity index (χ3n) is 2.71. The van der Waals surface area contributed by atoms with Crippen LogP contribution >= 0.6 is 23.6 Å². The van der Waals surface area contributed by atoms with E-state index >= 15 is 0 Å². The zero-order valence-corrected chi connectivity index (χ0v) is 10.6. The van der Waals surface area contributed by atoms with Crippen LogP contribution < -0.4 is 10.5 Å². The van der Waals surface area contributed by atoms with Gasteiger partial charge in [0.15, 0.2) is 0 Å². The van der Waals surface area contributed by atoms with E-state index in [0.29, 0.717) is 11.6 Å². The first-order valence-corrected chi connectivity index (χ1v) is 6.48. The number of rotatable bonds is 1. The lowest BCUT2D eigenvalue weighted by molar-refractivity contribution is 0.326. The molecule has 2 aromatic heterocycles. The van der Waals surface area contributed by atoms with Crippen molar-refractivity contribution in [3.8, 4) is 16.2 Å². The first kappa shape index (κ1) is 10.7. The van der Waals surface area contributed by atoms with Crippen molar-refractivity contribution in [1.82, 2.24) is 4.98 Å². The Hall–Kier alpha value is -1.46. The summed E-state index contributed by atoms with van der Waals surface area (Å²) in [5, 5.41) is 0. The van der Waals surface area contributed by atoms with Crippen LogP contribution in [0, 0.1) is 0 Å². The quantitative estimate of drug-likeness (QED) is 0.802. The summed E-state index contributed by atoms with van der Waals surface area (Å²) in [6.45, 7) is 0.678. The fourth-order valence-electron chi connectivity index (χ4n) is 1.91. The molecule has 0 saturated carbocycles. The molecular formula is C12H10N2OS2. The SMILES string of the molecule is NC(=S)c1cc2c(s1)-c1cnccc1OCC2. The van der Waals surface area contributed by atoms with Gasteiger partial charge in [-0.2, -0.15) is 0 Å². The van der Waals surface area contributed by atoms with Gasteiger partial charge in [-0.1, -0.05) is 12.2 Å². The Morgan fingerprint density at radius 2 is 2.41 bits per heavy atom. The van der Waals surface area contributed by atoms with Gasteiger partial charge in [0.1, 0.15) is 10.7 Å². The Bertz CT molecular complexity index is 592. The van der Waals surface area contributed by atoms with Gasteiger partial charge in [0.2, 0.25) is 0 Å². The molecule has 0 unspecified atom stereocenters. The Labute approximate surface area is 108 Å². The van der Waals surface area contributed by atoms with E-state index in [1.165, 1.54) is 10.4 Å². The number of nitrogens with two attached hydrogens (primary N) is 1. The lowest BCUT2D eigenvalue weighted by Crippen LogP contribution is -2.06. The van der Waals surface area contributed by atoms with Gasteiger partial charge < -0.3 is 10.5 Å². The van der Waals surface area contributed by atoms with Crippen LogP contribution in [0.4, 0.5) is 0 Å². The van der Waals surface area contributed by atoms with Crippen LogP contribution in [0.3, 0.4) is 0 Å². The molecule has 3 heterocycles. The van der Waals surface area contributed by atoms with E-state index in [9.17, 15) is 0 Å². The average Bonchev–Trinajstić information content (AvgIpc) is 2.67. The van der Waals surface area contributed by atoms with Crippen LogP contribution in [0.5, 0.6) is 5.75 Å². The highest BCUT2D eigenvalue weighted by Crippen LogP contribution is 2.39. The molecule has 0 atom stereocenters. The number of pyridine rings is 1. The molecule has 0 spiro atoms. The zero-order valence-electron chi connectivity index (χ0n) is 8.97. The van der Waals surface area contributed by atoms with Crippen molar-refractivity contribution < 1.29 is 4.74 Å². The van der Waals surface area contributed by atoms with Gasteiger partial charge in [-0.15, -0.1) is 11.3 Å². The second-order valence-electron chi connectivity index (χ2n) is 3.80. The van der Waals surface area contributed by atoms with Crippen LogP contribution in [-0.4, -0.2) is 16.6 Å². The Morgan fingerprint density at radius 1 is 1.53 bits per heavy atom. The predicted octanol–water partition coefficient (Wildman–Crippen LogP) is 2.38. The second kappa shape index (κ2) is 4.09. The second-order valence-corrected chi connectivity index (χ2v) is 5.29. The predicted molar refractivity (Wildman–Crippen MR) is 72.6 cm³/mol. The number of thiocarbonyl (C=S) groups is 1. The Kier molecular flexibility index (Phi) is 2.57. The lowest BCUT2D eigenvalue weighted by Gasteiger charge is -2.04. The van der Waals surface area contributed by atoms with Crippen LogP contribution in [-0.2, 0) is 6.42 Å². The lowest BCUT2D eigenvalue weighted by atomic mass is 10.1. The minimum atomic E-state index is 0.453. The third kappa shape index (κ3) is 1.81. The van der Waals surface area contributed by atoms with Gasteiger partial charge in [0, 0.05) is 23.7 Å². The molecule has 0 bridgehead atoms. The fraction of sp³-hybridized carbons (Fsp3) is 0.167. The number of ether oxygens (including phenoxy) is 1. The molecular weight excluding hydrogens is 252 g/mol. The summed E-state index contributed by atoms with van der Waals surface area (Å²) >= 11 is 6.64. The van der Waals surface area contributed by atoms with E-state index in [1.807, 2.05) is 12.3 Å². The molecule has 0 radical (unpaired) electrons. The summed E-state index contributed by atoms with van der Waals surface area (Å²) in [5.74, 6) is 0.884. The largest absolute Gasteiger partial charge is 0.492 e. The monoisotopic (exact) mass is 262 g/mol. The summed E-state index contributed by atoms with van der Waals surface area (Å²) in [7, 11) is 0. The molecule has 0 aliphatic carbocycles. The van der Waals surface area contributed by atoms with Crippen LogP contribution in [0.1, 0.15) is 10.4 Å². The number of hydrogen-bond acceptors (Lipinski definition) is 4. The van der Waals surface area contributed by atoms with Gasteiger partial charge in [-0.25, -0.2) is 0 Å². The average molecular weight is 262 g/mol. The molecule has 3 nitrogen and oxygen atoms in total. The third-order valence-corrected chi connectivity index (χ3v) is 4.30. The van der Waals surface area contributed by atoms with Crippen LogP contribution in [0.15, 0.2) is 24.5 Å². The van der Waals surface area contributed by atoms with Gasteiger partial charge in [-0.3, -0.25) is 4.98 Å². The van der Waals surface area contributed by atoms with Crippen LogP contribution in [0.25, 0.3) is 10.4 Å². The maximum absolute atomic E-state index is 5.69. The van der Waals surface area contributed by atoms with Gasteiger partial charge in [0.05, 0.1) is 17.0 Å². The van der Waals surface area contributed by atoms with E-state index in [1.54, 1.807) is 17.5 Å². The van der Waals surface area contributed by atoms with Gasteiger partial charge in [-0.05, 0) is 17.7 Å². The maximum Gasteiger partial charge on any atom is 0.131 e. The van der Waals surface area contributed by atoms with Crippen molar-refractivity contribution in [2.45, 2.75) is 6.42 Å². The standard InChI is InChI=1S/C12H10N2OS2/c13-12(16)10-5-7-2-4-15-9-1-3-14-6-8(9)11(7)17-10/h1,3,5-6H,2,4H2,(H2,13,16). The van der Waals surface area contributed by atoms with E-state index in [4.69, 9.17) is 22.7 Å². The van der Waals surface area contributed by atoms with Gasteiger partial charge >= 0.3 is 0 Å². The molecule has 17 heavy (non-hydrogen) atoms. The first-order valence-electron chi connectivity index (χ1n) is 5.25. The smallest absolute Gasteiger partial charge is 0.131 e. The number of thiophene rings is 1. The topological polar surface area (TPSA) is 48.1 Å². The van der Waals surface area contributed by atoms with Crippen LogP contribution in [0.2, 0.25) is 0 Å². The van der Waals surface area contributed by atoms with Crippen molar-refractivity contribution in [2.24, 2.45) is 5.73 Å². The number of nitrogens with zero attached hydrogens (tertiary/aromatic N) is 1. The Morgan fingerprint density at radius 3 is 3.24 bits per heavy atom. The number of hydrogen-bond donors (Lipinski definition) is 1. The molecule has 86 valence electrons. The molecule has 0 saturated heterocycles. The molecule has 0 amide bonds. The first-order chi connectivity index (χ1) is 8.25.